The van der Waals surface area contributed by atoms with Gasteiger partial charge in [-0.2, -0.15) is 0 Å². The van der Waals surface area contributed by atoms with Crippen molar-refractivity contribution in [2.24, 2.45) is 0 Å². The molecular weight excluding hydrogens is 286 g/mol. The molecule has 1 saturated heterocycles. The third-order valence-electron chi connectivity index (χ3n) is 4.16. The Balaban J connectivity index is 1.73. The SMILES string of the molecule is Cc1ccoc1C(=O)N1CC[C@@H](c2sccc2C)[C@H](O)C1. The van der Waals surface area contributed by atoms with E-state index in [9.17, 15) is 9.90 Å². The Bertz CT molecular complexity index is 645. The molecule has 0 saturated carbocycles. The molecule has 5 heteroatoms. The van der Waals surface area contributed by atoms with E-state index in [-0.39, 0.29) is 11.8 Å². The van der Waals surface area contributed by atoms with Crippen molar-refractivity contribution in [1.82, 2.24) is 4.90 Å². The zero-order valence-corrected chi connectivity index (χ0v) is 13.0. The molecule has 3 heterocycles. The van der Waals surface area contributed by atoms with Gasteiger partial charge in [-0.3, -0.25) is 4.79 Å². The molecule has 0 aliphatic carbocycles. The number of amides is 1. The van der Waals surface area contributed by atoms with Crippen LogP contribution in [0, 0.1) is 13.8 Å². The van der Waals surface area contributed by atoms with Gasteiger partial charge in [-0.25, -0.2) is 0 Å². The van der Waals surface area contributed by atoms with E-state index < -0.39 is 6.10 Å². The van der Waals surface area contributed by atoms with E-state index >= 15 is 0 Å². The summed E-state index contributed by atoms with van der Waals surface area (Å²) in [6.07, 6.45) is 1.80. The Morgan fingerprint density at radius 3 is 2.76 bits per heavy atom. The average molecular weight is 305 g/mol. The molecule has 2 atom stereocenters. The van der Waals surface area contributed by atoms with Crippen LogP contribution >= 0.6 is 11.3 Å². The highest BCUT2D eigenvalue weighted by Crippen LogP contribution is 2.34. The quantitative estimate of drug-likeness (QED) is 0.928. The molecule has 4 nitrogen and oxygen atoms in total. The van der Waals surface area contributed by atoms with Crippen molar-refractivity contribution in [1.29, 1.82) is 0 Å². The molecule has 1 aliphatic heterocycles. The van der Waals surface area contributed by atoms with Gasteiger partial charge in [-0.05, 0) is 43.3 Å². The topological polar surface area (TPSA) is 53.7 Å². The number of aryl methyl sites for hydroxylation is 2. The van der Waals surface area contributed by atoms with Crippen LogP contribution in [0.4, 0.5) is 0 Å². The highest BCUT2D eigenvalue weighted by molar-refractivity contribution is 7.10. The lowest BCUT2D eigenvalue weighted by Crippen LogP contribution is -2.45. The van der Waals surface area contributed by atoms with Crippen LogP contribution in [0.1, 0.15) is 38.9 Å². The van der Waals surface area contributed by atoms with E-state index in [2.05, 4.69) is 18.4 Å². The first-order valence-electron chi connectivity index (χ1n) is 7.13. The maximum atomic E-state index is 12.4. The normalized spacial score (nSPS) is 22.5. The molecule has 2 aromatic heterocycles. The summed E-state index contributed by atoms with van der Waals surface area (Å²) in [6.45, 7) is 4.94. The number of carbonyl (C=O) groups excluding carboxylic acids is 1. The molecule has 1 fully saturated rings. The summed E-state index contributed by atoms with van der Waals surface area (Å²) in [6, 6.07) is 3.86. The minimum atomic E-state index is -0.518. The maximum Gasteiger partial charge on any atom is 0.289 e. The number of rotatable bonds is 2. The highest BCUT2D eigenvalue weighted by Gasteiger charge is 2.33. The number of aliphatic hydroxyl groups is 1. The van der Waals surface area contributed by atoms with Crippen molar-refractivity contribution in [2.75, 3.05) is 13.1 Å². The lowest BCUT2D eigenvalue weighted by Gasteiger charge is -2.35. The average Bonchev–Trinajstić information content (AvgIpc) is 3.07. The fourth-order valence-electron chi connectivity index (χ4n) is 2.92. The van der Waals surface area contributed by atoms with Crippen LogP contribution in [0.3, 0.4) is 0 Å². The molecule has 1 N–H and O–H groups in total. The van der Waals surface area contributed by atoms with Gasteiger partial charge in [0.15, 0.2) is 5.76 Å². The van der Waals surface area contributed by atoms with Gasteiger partial charge < -0.3 is 14.4 Å². The summed E-state index contributed by atoms with van der Waals surface area (Å²) in [5.41, 5.74) is 2.07. The number of aliphatic hydroxyl groups excluding tert-OH is 1. The molecule has 0 radical (unpaired) electrons. The van der Waals surface area contributed by atoms with Crippen molar-refractivity contribution < 1.29 is 14.3 Å². The number of β-amino-alcohol motifs (C(OH)–C–C–N with tert-alkyl or cyclic N) is 1. The van der Waals surface area contributed by atoms with E-state index in [1.165, 1.54) is 16.7 Å². The Morgan fingerprint density at radius 1 is 1.38 bits per heavy atom. The van der Waals surface area contributed by atoms with Crippen molar-refractivity contribution in [3.63, 3.8) is 0 Å². The predicted molar refractivity (Wildman–Crippen MR) is 81.8 cm³/mol. The Hall–Kier alpha value is -1.59. The molecule has 1 amide bonds. The summed E-state index contributed by atoms with van der Waals surface area (Å²) >= 11 is 1.69. The van der Waals surface area contributed by atoms with Gasteiger partial charge in [-0.15, -0.1) is 11.3 Å². The fraction of sp³-hybridized carbons (Fsp3) is 0.438. The van der Waals surface area contributed by atoms with Crippen molar-refractivity contribution in [2.45, 2.75) is 32.3 Å². The zero-order chi connectivity index (χ0) is 15.0. The largest absolute Gasteiger partial charge is 0.459 e. The molecule has 2 aromatic rings. The molecule has 112 valence electrons. The monoisotopic (exact) mass is 305 g/mol. The summed E-state index contributed by atoms with van der Waals surface area (Å²) in [5, 5.41) is 12.5. The van der Waals surface area contributed by atoms with E-state index in [1.54, 1.807) is 22.3 Å². The van der Waals surface area contributed by atoms with Gasteiger partial charge in [0.05, 0.1) is 12.4 Å². The van der Waals surface area contributed by atoms with Crippen LogP contribution in [-0.4, -0.2) is 35.1 Å². The minimum Gasteiger partial charge on any atom is -0.459 e. The first-order chi connectivity index (χ1) is 10.1. The first-order valence-corrected chi connectivity index (χ1v) is 8.01. The zero-order valence-electron chi connectivity index (χ0n) is 12.2. The first kappa shape index (κ1) is 14.4. The van der Waals surface area contributed by atoms with Gasteiger partial charge in [0.25, 0.3) is 5.91 Å². The van der Waals surface area contributed by atoms with Gasteiger partial charge in [0.1, 0.15) is 0 Å². The number of likely N-dealkylation sites (tertiary alicyclic amines) is 1. The van der Waals surface area contributed by atoms with Crippen molar-refractivity contribution >= 4 is 17.2 Å². The minimum absolute atomic E-state index is 0.127. The van der Waals surface area contributed by atoms with Crippen LogP contribution in [0.25, 0.3) is 0 Å². The van der Waals surface area contributed by atoms with Crippen LogP contribution in [0.5, 0.6) is 0 Å². The molecule has 0 bridgehead atoms. The second kappa shape index (κ2) is 5.66. The van der Waals surface area contributed by atoms with Crippen LogP contribution in [-0.2, 0) is 0 Å². The molecule has 1 aliphatic rings. The van der Waals surface area contributed by atoms with E-state index in [4.69, 9.17) is 4.42 Å². The maximum absolute atomic E-state index is 12.4. The van der Waals surface area contributed by atoms with E-state index in [0.717, 1.165) is 12.0 Å². The summed E-state index contributed by atoms with van der Waals surface area (Å²) in [5.74, 6) is 0.387. The second-order valence-electron chi connectivity index (χ2n) is 5.61. The molecule has 3 rings (SSSR count). The Kier molecular flexibility index (Phi) is 3.87. The standard InChI is InChI=1S/C16H19NO3S/c1-10-4-7-20-14(10)16(19)17-6-3-12(13(18)9-17)15-11(2)5-8-21-15/h4-5,7-8,12-13,18H,3,6,9H2,1-2H3/t12-,13-/m1/s1. The van der Waals surface area contributed by atoms with Crippen molar-refractivity contribution in [3.8, 4) is 0 Å². The van der Waals surface area contributed by atoms with Crippen LogP contribution < -0.4 is 0 Å². The second-order valence-corrected chi connectivity index (χ2v) is 6.56. The molecule has 21 heavy (non-hydrogen) atoms. The summed E-state index contributed by atoms with van der Waals surface area (Å²) < 4.78 is 5.26. The fourth-order valence-corrected chi connectivity index (χ4v) is 4.04. The predicted octanol–water partition coefficient (Wildman–Crippen LogP) is 2.95. The van der Waals surface area contributed by atoms with Crippen LogP contribution in [0.2, 0.25) is 0 Å². The molecular formula is C16H19NO3S. The number of nitrogens with zero attached hydrogens (tertiary/aromatic N) is 1. The number of furan rings is 1. The summed E-state index contributed by atoms with van der Waals surface area (Å²) in [7, 11) is 0. The van der Waals surface area contributed by atoms with E-state index in [1.807, 2.05) is 6.92 Å². The smallest absolute Gasteiger partial charge is 0.289 e. The number of hydrogen-bond donors (Lipinski definition) is 1. The number of thiophene rings is 1. The van der Waals surface area contributed by atoms with E-state index in [0.29, 0.717) is 18.8 Å². The molecule has 0 spiro atoms. The van der Waals surface area contributed by atoms with Gasteiger partial charge in [0.2, 0.25) is 0 Å². The highest BCUT2D eigenvalue weighted by atomic mass is 32.1. The third-order valence-corrected chi connectivity index (χ3v) is 5.31. The Morgan fingerprint density at radius 2 is 2.19 bits per heavy atom. The number of piperidine rings is 1. The lowest BCUT2D eigenvalue weighted by atomic mass is 9.90. The van der Waals surface area contributed by atoms with Crippen LogP contribution in [0.15, 0.2) is 28.2 Å². The molecule has 0 unspecified atom stereocenters. The Labute approximate surface area is 128 Å². The van der Waals surface area contributed by atoms with Crippen molar-refractivity contribution in [3.05, 3.63) is 45.5 Å². The molecule has 0 aromatic carbocycles. The third kappa shape index (κ3) is 2.63. The number of hydrogen-bond acceptors (Lipinski definition) is 4. The number of carbonyl (C=O) groups is 1. The summed E-state index contributed by atoms with van der Waals surface area (Å²) in [4.78, 5) is 15.3. The lowest BCUT2D eigenvalue weighted by molar-refractivity contribution is 0.0364. The van der Waals surface area contributed by atoms with Gasteiger partial charge in [0, 0.05) is 29.4 Å². The van der Waals surface area contributed by atoms with Gasteiger partial charge >= 0.3 is 0 Å². The van der Waals surface area contributed by atoms with Gasteiger partial charge in [-0.1, -0.05) is 0 Å².